The molecule has 2 unspecified atom stereocenters. The summed E-state index contributed by atoms with van der Waals surface area (Å²) < 4.78 is 36.4. The number of fused-ring (bicyclic) bond motifs is 3. The molecule has 0 spiro atoms. The van der Waals surface area contributed by atoms with Crippen LogP contribution >= 0.6 is 0 Å². The van der Waals surface area contributed by atoms with Gasteiger partial charge in [-0.1, -0.05) is 71.1 Å². The largest absolute Gasteiger partial charge is 0.460 e. The zero-order valence-electron chi connectivity index (χ0n) is 41.4. The van der Waals surface area contributed by atoms with Crippen LogP contribution in [-0.2, 0) is 47.6 Å². The van der Waals surface area contributed by atoms with Crippen LogP contribution < -0.4 is 0 Å². The van der Waals surface area contributed by atoms with Crippen LogP contribution in [0.1, 0.15) is 132 Å². The van der Waals surface area contributed by atoms with Crippen LogP contribution in [0, 0.1) is 35.5 Å². The van der Waals surface area contributed by atoms with E-state index in [9.17, 15) is 29.4 Å². The summed E-state index contributed by atoms with van der Waals surface area (Å²) in [6.07, 6.45) is 14.1. The van der Waals surface area contributed by atoms with Gasteiger partial charge in [-0.05, 0) is 107 Å². The fourth-order valence-corrected chi connectivity index (χ4v) is 10.5. The van der Waals surface area contributed by atoms with Crippen molar-refractivity contribution in [3.05, 3.63) is 47.6 Å². The summed E-state index contributed by atoms with van der Waals surface area (Å²) in [7, 11) is 6.27. The molecule has 1 aliphatic carbocycles. The van der Waals surface area contributed by atoms with Crippen molar-refractivity contribution in [1.29, 1.82) is 0 Å². The quantitative estimate of drug-likeness (QED) is 0.240. The van der Waals surface area contributed by atoms with Crippen LogP contribution in [0.2, 0.25) is 0 Å². The van der Waals surface area contributed by atoms with Gasteiger partial charge in [0.15, 0.2) is 17.4 Å². The number of carbonyl (C=O) groups excluding carboxylic acids is 4. The number of ether oxygens (including phenoxy) is 6. The van der Waals surface area contributed by atoms with Crippen LogP contribution in [-0.4, -0.2) is 128 Å². The Bertz CT molecular complexity index is 1690. The van der Waals surface area contributed by atoms with Crippen LogP contribution in [0.5, 0.6) is 0 Å². The minimum absolute atomic E-state index is 0.0633. The first-order chi connectivity index (χ1) is 30.9. The van der Waals surface area contributed by atoms with Gasteiger partial charge >= 0.3 is 5.97 Å². The number of nitrogens with zero attached hydrogens (tertiary/aromatic N) is 1. The van der Waals surface area contributed by atoms with E-state index in [2.05, 4.69) is 0 Å². The SMILES string of the molecule is CO[C@H]1CC2CC[C@@H](C)[C@](OC)(CC(=O)N3CCCC[C@H]3C(=O)O[C@H]([C@H](C)C[C@@H]3CC[C@@H](O)[C@H](OC)C3)CC(=O)C(C)=CC(C)[C@@H](O)[C@@H](OC)C(=O)[C@H](C)C[C@H](C)C=CC=CC=C1C)O2. The smallest absolute Gasteiger partial charge is 0.329 e. The maximum absolute atomic E-state index is 14.5. The number of rotatable bonds is 7. The molecule has 1 amide bonds. The Morgan fingerprint density at radius 1 is 0.862 bits per heavy atom. The fraction of sp³-hybridized carbons (Fsp3) is 0.769. The third-order valence-corrected chi connectivity index (χ3v) is 14.9. The molecule has 4 rings (SSSR count). The first kappa shape index (κ1) is 54.6. The first-order valence-corrected chi connectivity index (χ1v) is 24.3. The number of Topliss-reactive ketones (excluding diaryl/α,β-unsaturated/α-hetero) is 2. The van der Waals surface area contributed by atoms with Crippen molar-refractivity contribution < 1.29 is 57.8 Å². The second kappa shape index (κ2) is 25.9. The average molecular weight is 914 g/mol. The molecule has 2 bridgehead atoms. The lowest BCUT2D eigenvalue weighted by atomic mass is 9.78. The lowest BCUT2D eigenvalue weighted by Crippen LogP contribution is -2.55. The Morgan fingerprint density at radius 3 is 2.28 bits per heavy atom. The minimum Gasteiger partial charge on any atom is -0.460 e. The van der Waals surface area contributed by atoms with Crippen LogP contribution in [0.15, 0.2) is 47.6 Å². The van der Waals surface area contributed by atoms with E-state index in [1.807, 2.05) is 65.0 Å². The van der Waals surface area contributed by atoms with Crippen molar-refractivity contribution in [2.45, 2.75) is 186 Å². The molecule has 15 atom stereocenters. The highest BCUT2D eigenvalue weighted by Gasteiger charge is 2.48. The predicted molar refractivity (Wildman–Crippen MR) is 250 cm³/mol. The van der Waals surface area contributed by atoms with Crippen molar-refractivity contribution in [3.63, 3.8) is 0 Å². The van der Waals surface area contributed by atoms with Gasteiger partial charge in [-0.2, -0.15) is 0 Å². The Labute approximate surface area is 389 Å². The van der Waals surface area contributed by atoms with E-state index in [1.54, 1.807) is 46.2 Å². The second-order valence-electron chi connectivity index (χ2n) is 19.9. The topological polar surface area (TPSA) is 167 Å². The third-order valence-electron chi connectivity index (χ3n) is 14.9. The van der Waals surface area contributed by atoms with Gasteiger partial charge in [0.25, 0.3) is 0 Å². The van der Waals surface area contributed by atoms with Gasteiger partial charge in [-0.3, -0.25) is 14.4 Å². The van der Waals surface area contributed by atoms with Crippen LogP contribution in [0.3, 0.4) is 0 Å². The molecule has 3 fully saturated rings. The number of esters is 1. The Balaban J connectivity index is 1.69. The van der Waals surface area contributed by atoms with Crippen LogP contribution in [0.4, 0.5) is 0 Å². The van der Waals surface area contributed by atoms with E-state index in [-0.39, 0.29) is 72.3 Å². The summed E-state index contributed by atoms with van der Waals surface area (Å²) in [5, 5.41) is 22.0. The average Bonchev–Trinajstić information content (AvgIpc) is 3.28. The van der Waals surface area contributed by atoms with E-state index in [1.165, 1.54) is 7.11 Å². The standard InChI is InChI=1S/C52H83NO12/c1-32-17-13-12-14-18-33(2)44(60-8)29-40-22-20-38(7)52(63-11,65-40)31-47(56)53-24-16-15-19-41(53)51(59)64-45(35(4)27-39-21-23-42(54)46(28-39)61-9)30-43(55)34(3)26-37(6)49(58)50(62-10)48(57)36(5)25-32/h12-14,17-18,26,32,35-42,44-46,49-50,54,58H,15-16,19-25,27-31H2,1-11H3/t32-,35-,36-,37?,38-,39+,40?,41+,42-,44+,45+,46-,49-,50+,52+/m1/s1. The van der Waals surface area contributed by atoms with Gasteiger partial charge in [-0.15, -0.1) is 0 Å². The highest BCUT2D eigenvalue weighted by Crippen LogP contribution is 2.41. The fourth-order valence-electron chi connectivity index (χ4n) is 10.5. The molecular formula is C52H83NO12. The van der Waals surface area contributed by atoms with Gasteiger partial charge < -0.3 is 43.5 Å². The summed E-state index contributed by atoms with van der Waals surface area (Å²) in [6.45, 7) is 13.7. The molecule has 4 aliphatic rings. The molecule has 3 heterocycles. The predicted octanol–water partition coefficient (Wildman–Crippen LogP) is 7.66. The zero-order valence-corrected chi connectivity index (χ0v) is 41.4. The lowest BCUT2D eigenvalue weighted by Gasteiger charge is -2.46. The Kier molecular flexibility index (Phi) is 21.8. The van der Waals surface area contributed by atoms with Crippen molar-refractivity contribution in [2.24, 2.45) is 35.5 Å². The van der Waals surface area contributed by atoms with Gasteiger partial charge in [-0.25, -0.2) is 4.79 Å². The molecule has 1 saturated carbocycles. The number of aliphatic hydroxyl groups excluding tert-OH is 2. The molecule has 13 heteroatoms. The molecule has 0 aromatic rings. The minimum atomic E-state index is -1.21. The number of piperidine rings is 1. The van der Waals surface area contributed by atoms with Crippen molar-refractivity contribution in [2.75, 3.05) is 35.0 Å². The maximum atomic E-state index is 14.5. The number of ketones is 2. The molecule has 3 aliphatic heterocycles. The maximum Gasteiger partial charge on any atom is 0.329 e. The number of hydrogen-bond acceptors (Lipinski definition) is 12. The summed E-state index contributed by atoms with van der Waals surface area (Å²) >= 11 is 0. The Morgan fingerprint density at radius 2 is 1.60 bits per heavy atom. The second-order valence-corrected chi connectivity index (χ2v) is 19.9. The number of aliphatic hydroxyl groups is 2. The number of amides is 1. The number of cyclic esters (lactones) is 1. The van der Waals surface area contributed by atoms with E-state index >= 15 is 0 Å². The molecule has 2 saturated heterocycles. The molecule has 2 N–H and O–H groups in total. The third kappa shape index (κ3) is 15.0. The highest BCUT2D eigenvalue weighted by atomic mass is 16.7. The monoisotopic (exact) mass is 914 g/mol. The van der Waals surface area contributed by atoms with Gasteiger partial charge in [0, 0.05) is 65.6 Å². The highest BCUT2D eigenvalue weighted by molar-refractivity contribution is 5.95. The normalized spacial score (nSPS) is 37.8. The summed E-state index contributed by atoms with van der Waals surface area (Å²) in [4.78, 5) is 58.4. The molecule has 13 nitrogen and oxygen atoms in total. The van der Waals surface area contributed by atoms with Crippen molar-refractivity contribution in [1.82, 2.24) is 4.90 Å². The lowest BCUT2D eigenvalue weighted by molar-refractivity contribution is -0.297. The van der Waals surface area contributed by atoms with Gasteiger partial charge in [0.1, 0.15) is 18.2 Å². The molecule has 0 radical (unpaired) electrons. The summed E-state index contributed by atoms with van der Waals surface area (Å²) in [6, 6.07) is -0.849. The van der Waals surface area contributed by atoms with Crippen LogP contribution in [0.25, 0.3) is 0 Å². The molecule has 65 heavy (non-hydrogen) atoms. The first-order valence-electron chi connectivity index (χ1n) is 24.3. The van der Waals surface area contributed by atoms with E-state index in [0.29, 0.717) is 50.6 Å². The summed E-state index contributed by atoms with van der Waals surface area (Å²) in [5.41, 5.74) is 1.39. The van der Waals surface area contributed by atoms with Crippen molar-refractivity contribution >= 4 is 23.4 Å². The number of allylic oxidation sites excluding steroid dienone is 6. The van der Waals surface area contributed by atoms with Gasteiger partial charge in [0.05, 0.1) is 36.9 Å². The molecule has 0 aromatic heterocycles. The van der Waals surface area contributed by atoms with E-state index < -0.39 is 54.0 Å². The van der Waals surface area contributed by atoms with E-state index in [0.717, 1.165) is 37.7 Å². The molecule has 0 aromatic carbocycles. The Hall–Kier alpha value is -3.04. The zero-order chi connectivity index (χ0) is 48.0. The van der Waals surface area contributed by atoms with E-state index in [4.69, 9.17) is 28.4 Å². The molecular weight excluding hydrogens is 831 g/mol. The number of methoxy groups -OCH3 is 4. The van der Waals surface area contributed by atoms with Crippen molar-refractivity contribution in [3.8, 4) is 0 Å². The number of hydrogen-bond donors (Lipinski definition) is 2. The molecule has 368 valence electrons. The number of carbonyl (C=O) groups is 4. The summed E-state index contributed by atoms with van der Waals surface area (Å²) in [5.74, 6) is -3.61. The van der Waals surface area contributed by atoms with Gasteiger partial charge in [0.2, 0.25) is 5.91 Å².